The third-order valence-corrected chi connectivity index (χ3v) is 4.04. The number of hydrogen-bond donors (Lipinski definition) is 2. The average Bonchev–Trinajstić information content (AvgIpc) is 2.59. The van der Waals surface area contributed by atoms with E-state index in [1.165, 1.54) is 12.1 Å². The molecule has 132 valence electrons. The molecule has 2 heterocycles. The fraction of sp³-hybridized carbons (Fsp3) is 0.0588. The van der Waals surface area contributed by atoms with Gasteiger partial charge in [-0.1, -0.05) is 41.9 Å². The number of pyridine rings is 2. The number of fused-ring (bicyclic) bond motifs is 1. The van der Waals surface area contributed by atoms with Crippen LogP contribution in [-0.2, 0) is 4.79 Å². The first-order valence-electron chi connectivity index (χ1n) is 7.23. The summed E-state index contributed by atoms with van der Waals surface area (Å²) in [6, 6.07) is 7.29. The number of carboxylic acids is 2. The van der Waals surface area contributed by atoms with Crippen LogP contribution in [0.4, 0.5) is 4.39 Å². The highest BCUT2D eigenvalue weighted by Crippen LogP contribution is 2.25. The van der Waals surface area contributed by atoms with E-state index in [1.807, 2.05) is 0 Å². The van der Waals surface area contributed by atoms with E-state index in [2.05, 4.69) is 4.98 Å². The van der Waals surface area contributed by atoms with Crippen molar-refractivity contribution in [3.8, 4) is 0 Å². The van der Waals surface area contributed by atoms with Crippen molar-refractivity contribution in [3.63, 3.8) is 0 Å². The van der Waals surface area contributed by atoms with Crippen LogP contribution in [0, 0.1) is 5.82 Å². The van der Waals surface area contributed by atoms with Gasteiger partial charge >= 0.3 is 11.9 Å². The lowest BCUT2D eigenvalue weighted by Crippen LogP contribution is -2.26. The lowest BCUT2D eigenvalue weighted by molar-refractivity contribution is -0.139. The Labute approximate surface area is 149 Å². The van der Waals surface area contributed by atoms with Gasteiger partial charge in [0.15, 0.2) is 17.0 Å². The van der Waals surface area contributed by atoms with Crippen molar-refractivity contribution >= 4 is 34.6 Å². The maximum Gasteiger partial charge on any atom is 0.341 e. The van der Waals surface area contributed by atoms with Gasteiger partial charge in [-0.3, -0.25) is 4.79 Å². The molecule has 0 fully saturated rings. The molecule has 0 saturated carbocycles. The lowest BCUT2D eigenvalue weighted by Gasteiger charge is -2.19. The molecule has 0 aliphatic carbocycles. The second kappa shape index (κ2) is 6.57. The largest absolute Gasteiger partial charge is 0.479 e. The van der Waals surface area contributed by atoms with E-state index in [-0.39, 0.29) is 11.0 Å². The first-order chi connectivity index (χ1) is 12.3. The Bertz CT molecular complexity index is 1100. The zero-order valence-corrected chi connectivity index (χ0v) is 13.6. The minimum Gasteiger partial charge on any atom is -0.479 e. The predicted molar refractivity (Wildman–Crippen MR) is 90.1 cm³/mol. The third kappa shape index (κ3) is 2.91. The number of aromatic carboxylic acids is 1. The van der Waals surface area contributed by atoms with Crippen LogP contribution in [0.3, 0.4) is 0 Å². The van der Waals surface area contributed by atoms with Crippen molar-refractivity contribution in [2.24, 2.45) is 0 Å². The molecule has 2 N–H and O–H groups in total. The Morgan fingerprint density at radius 1 is 1.19 bits per heavy atom. The standard InChI is InChI=1S/C17H10ClFN2O5/c18-14-11(19)6-9-13(22)10(16(23)24)7-21(15(9)20-14)12(17(25)26)8-4-2-1-3-5-8/h1-7,12H,(H,23,24)(H,25,26). The van der Waals surface area contributed by atoms with Gasteiger partial charge in [-0.25, -0.2) is 19.0 Å². The van der Waals surface area contributed by atoms with Crippen LogP contribution >= 0.6 is 11.6 Å². The molecule has 0 bridgehead atoms. The van der Waals surface area contributed by atoms with Gasteiger partial charge in [-0.05, 0) is 11.6 Å². The molecular weight excluding hydrogens is 367 g/mol. The molecule has 0 saturated heterocycles. The van der Waals surface area contributed by atoms with Gasteiger partial charge in [0, 0.05) is 6.20 Å². The molecule has 7 nitrogen and oxygen atoms in total. The molecule has 0 radical (unpaired) electrons. The number of hydrogen-bond acceptors (Lipinski definition) is 4. The summed E-state index contributed by atoms with van der Waals surface area (Å²) in [7, 11) is 0. The van der Waals surface area contributed by atoms with E-state index >= 15 is 0 Å². The molecule has 3 rings (SSSR count). The lowest BCUT2D eigenvalue weighted by atomic mass is 10.1. The van der Waals surface area contributed by atoms with Gasteiger partial charge in [0.2, 0.25) is 5.43 Å². The molecule has 0 spiro atoms. The summed E-state index contributed by atoms with van der Waals surface area (Å²) in [6.07, 6.45) is 0.875. The normalized spacial score (nSPS) is 12.1. The van der Waals surface area contributed by atoms with Crippen LogP contribution in [0.2, 0.25) is 5.15 Å². The molecule has 0 aliphatic rings. The second-order valence-electron chi connectivity index (χ2n) is 5.37. The second-order valence-corrected chi connectivity index (χ2v) is 5.73. The van der Waals surface area contributed by atoms with Crippen LogP contribution in [0.1, 0.15) is 22.0 Å². The summed E-state index contributed by atoms with van der Waals surface area (Å²) >= 11 is 5.68. The molecule has 3 aromatic rings. The van der Waals surface area contributed by atoms with E-state index in [4.69, 9.17) is 11.6 Å². The molecule has 0 amide bonds. The number of aliphatic carboxylic acids is 1. The number of benzene rings is 1. The Morgan fingerprint density at radius 3 is 2.42 bits per heavy atom. The fourth-order valence-corrected chi connectivity index (χ4v) is 2.77. The molecule has 9 heteroatoms. The summed E-state index contributed by atoms with van der Waals surface area (Å²) in [5.41, 5.74) is -1.61. The minimum absolute atomic E-state index is 0.234. The highest BCUT2D eigenvalue weighted by molar-refractivity contribution is 6.29. The van der Waals surface area contributed by atoms with Crippen molar-refractivity contribution < 1.29 is 24.2 Å². The quantitative estimate of drug-likeness (QED) is 0.677. The van der Waals surface area contributed by atoms with E-state index in [1.54, 1.807) is 18.2 Å². The van der Waals surface area contributed by atoms with Gasteiger partial charge in [0.25, 0.3) is 0 Å². The van der Waals surface area contributed by atoms with Crippen LogP contribution in [0.25, 0.3) is 11.0 Å². The first-order valence-corrected chi connectivity index (χ1v) is 7.61. The molecule has 2 aromatic heterocycles. The van der Waals surface area contributed by atoms with E-state index in [0.29, 0.717) is 5.56 Å². The van der Waals surface area contributed by atoms with Crippen LogP contribution < -0.4 is 5.43 Å². The Hall–Kier alpha value is -3.26. The minimum atomic E-state index is -1.57. The first kappa shape index (κ1) is 17.6. The smallest absolute Gasteiger partial charge is 0.341 e. The number of aromatic nitrogens is 2. The molecule has 1 atom stereocenters. The number of carboxylic acid groups (broad SMARTS) is 2. The van der Waals surface area contributed by atoms with Gasteiger partial charge in [0.05, 0.1) is 5.39 Å². The maximum absolute atomic E-state index is 13.8. The van der Waals surface area contributed by atoms with Gasteiger partial charge in [-0.2, -0.15) is 0 Å². The van der Waals surface area contributed by atoms with Gasteiger partial charge in [0.1, 0.15) is 11.2 Å². The molecule has 1 unspecified atom stereocenters. The highest BCUT2D eigenvalue weighted by Gasteiger charge is 2.27. The van der Waals surface area contributed by atoms with Crippen molar-refractivity contribution in [1.29, 1.82) is 0 Å². The van der Waals surface area contributed by atoms with Gasteiger partial charge in [-0.15, -0.1) is 0 Å². The average molecular weight is 377 g/mol. The van der Waals surface area contributed by atoms with E-state index in [9.17, 15) is 29.0 Å². The number of halogens is 2. The zero-order chi connectivity index (χ0) is 19.0. The summed E-state index contributed by atoms with van der Waals surface area (Å²) in [6.45, 7) is 0. The van der Waals surface area contributed by atoms with Crippen LogP contribution in [0.5, 0.6) is 0 Å². The topological polar surface area (TPSA) is 109 Å². The van der Waals surface area contributed by atoms with Crippen LogP contribution in [-0.4, -0.2) is 31.7 Å². The number of carbonyl (C=O) groups is 2. The maximum atomic E-state index is 13.8. The summed E-state index contributed by atoms with van der Waals surface area (Å²) in [5, 5.41) is 18.0. The molecular formula is C17H10ClFN2O5. The summed E-state index contributed by atoms with van der Waals surface area (Å²) in [4.78, 5) is 39.4. The Kier molecular flexibility index (Phi) is 4.43. The highest BCUT2D eigenvalue weighted by atomic mass is 35.5. The van der Waals surface area contributed by atoms with Crippen molar-refractivity contribution in [3.05, 3.63) is 74.9 Å². The number of nitrogens with zero attached hydrogens (tertiary/aromatic N) is 2. The molecule has 1 aromatic carbocycles. The van der Waals surface area contributed by atoms with Gasteiger partial charge < -0.3 is 14.8 Å². The predicted octanol–water partition coefficient (Wildman–Crippen LogP) is 2.56. The van der Waals surface area contributed by atoms with Crippen molar-refractivity contribution in [1.82, 2.24) is 9.55 Å². The molecule has 0 aliphatic heterocycles. The zero-order valence-electron chi connectivity index (χ0n) is 12.9. The Morgan fingerprint density at radius 2 is 1.85 bits per heavy atom. The number of rotatable bonds is 4. The van der Waals surface area contributed by atoms with Crippen molar-refractivity contribution in [2.45, 2.75) is 6.04 Å². The van der Waals surface area contributed by atoms with Crippen molar-refractivity contribution in [2.75, 3.05) is 0 Å². The van der Waals surface area contributed by atoms with E-state index < -0.39 is 39.9 Å². The van der Waals surface area contributed by atoms with E-state index in [0.717, 1.165) is 16.8 Å². The Balaban J connectivity index is 2.45. The summed E-state index contributed by atoms with van der Waals surface area (Å²) in [5.74, 6) is -3.91. The van der Waals surface area contributed by atoms with Crippen LogP contribution in [0.15, 0.2) is 47.4 Å². The molecule has 26 heavy (non-hydrogen) atoms. The fourth-order valence-electron chi connectivity index (χ4n) is 2.63. The third-order valence-electron chi connectivity index (χ3n) is 3.77. The SMILES string of the molecule is O=C(O)c1cn(C(C(=O)O)c2ccccc2)c2nc(Cl)c(F)cc2c1=O. The monoisotopic (exact) mass is 376 g/mol. The summed E-state index contributed by atoms with van der Waals surface area (Å²) < 4.78 is 14.8.